The fourth-order valence-electron chi connectivity index (χ4n) is 3.47. The normalized spacial score (nSPS) is 13.9. The Labute approximate surface area is 168 Å². The van der Waals surface area contributed by atoms with Crippen LogP contribution in [0.5, 0.6) is 0 Å². The lowest BCUT2D eigenvalue weighted by Gasteiger charge is -2.27. The van der Waals surface area contributed by atoms with Gasteiger partial charge < -0.3 is 10.2 Å². The molecule has 1 aliphatic heterocycles. The highest BCUT2D eigenvalue weighted by atomic mass is 35.5. The van der Waals surface area contributed by atoms with Crippen LogP contribution in [-0.4, -0.2) is 22.8 Å². The number of nitrogens with zero attached hydrogens (tertiary/aromatic N) is 1. The van der Waals surface area contributed by atoms with Crippen LogP contribution in [-0.2, 0) is 17.8 Å². The van der Waals surface area contributed by atoms with Gasteiger partial charge in [0.25, 0.3) is 5.91 Å². The van der Waals surface area contributed by atoms with Crippen LogP contribution in [0.1, 0.15) is 21.5 Å². The fraction of sp³-hybridized carbons (Fsp3) is 0.130. The zero-order valence-electron chi connectivity index (χ0n) is 15.1. The van der Waals surface area contributed by atoms with E-state index in [-0.39, 0.29) is 11.8 Å². The summed E-state index contributed by atoms with van der Waals surface area (Å²) in [6, 6.07) is 23.6. The number of nitrogens with one attached hydrogen (secondary N) is 1. The van der Waals surface area contributed by atoms with Gasteiger partial charge in [-0.2, -0.15) is 0 Å². The summed E-state index contributed by atoms with van der Waals surface area (Å²) in [5.41, 5.74) is 3.27. The van der Waals surface area contributed by atoms with Crippen LogP contribution < -0.4 is 5.32 Å². The molecule has 0 saturated heterocycles. The van der Waals surface area contributed by atoms with Crippen molar-refractivity contribution in [2.45, 2.75) is 19.0 Å². The lowest BCUT2D eigenvalue weighted by atomic mass is 10.0. The summed E-state index contributed by atoms with van der Waals surface area (Å²) < 4.78 is 0. The minimum Gasteiger partial charge on any atom is -0.324 e. The van der Waals surface area contributed by atoms with E-state index in [1.54, 1.807) is 29.2 Å². The highest BCUT2D eigenvalue weighted by Gasteiger charge is 2.36. The van der Waals surface area contributed by atoms with Gasteiger partial charge in [-0.15, -0.1) is 0 Å². The van der Waals surface area contributed by atoms with Crippen LogP contribution in [0.3, 0.4) is 0 Å². The smallest absolute Gasteiger partial charge is 0.255 e. The van der Waals surface area contributed by atoms with Crippen molar-refractivity contribution in [3.63, 3.8) is 0 Å². The van der Waals surface area contributed by atoms with E-state index in [0.717, 1.165) is 11.1 Å². The van der Waals surface area contributed by atoms with Gasteiger partial charge in [0.2, 0.25) is 5.91 Å². The molecule has 5 heteroatoms. The third-order valence-corrected chi connectivity index (χ3v) is 5.16. The summed E-state index contributed by atoms with van der Waals surface area (Å²) >= 11 is 5.93. The van der Waals surface area contributed by atoms with E-state index in [2.05, 4.69) is 5.32 Å². The van der Waals surface area contributed by atoms with Gasteiger partial charge in [-0.1, -0.05) is 60.1 Å². The highest BCUT2D eigenvalue weighted by molar-refractivity contribution is 6.30. The maximum absolute atomic E-state index is 13.1. The van der Waals surface area contributed by atoms with E-state index in [4.69, 9.17) is 11.6 Å². The van der Waals surface area contributed by atoms with Crippen LogP contribution in [0, 0.1) is 0 Å². The molecule has 0 fully saturated rings. The molecular weight excluding hydrogens is 372 g/mol. The number of carbonyl (C=O) groups is 2. The van der Waals surface area contributed by atoms with Crippen LogP contribution in [0.25, 0.3) is 0 Å². The van der Waals surface area contributed by atoms with Gasteiger partial charge in [0.1, 0.15) is 6.04 Å². The number of rotatable bonds is 5. The van der Waals surface area contributed by atoms with E-state index >= 15 is 0 Å². The molecule has 1 atom stereocenters. The first kappa shape index (κ1) is 18.3. The van der Waals surface area contributed by atoms with Crippen molar-refractivity contribution in [2.75, 3.05) is 5.32 Å². The number of hydrogen-bond acceptors (Lipinski definition) is 2. The van der Waals surface area contributed by atoms with Gasteiger partial charge in [-0.25, -0.2) is 0 Å². The van der Waals surface area contributed by atoms with Crippen molar-refractivity contribution in [2.24, 2.45) is 0 Å². The fourth-order valence-corrected chi connectivity index (χ4v) is 3.60. The summed E-state index contributed by atoms with van der Waals surface area (Å²) in [5.74, 6) is -0.324. The van der Waals surface area contributed by atoms with Crippen molar-refractivity contribution in [3.05, 3.63) is 101 Å². The Balaban J connectivity index is 1.61. The van der Waals surface area contributed by atoms with E-state index in [9.17, 15) is 9.59 Å². The van der Waals surface area contributed by atoms with Crippen LogP contribution in [0.4, 0.5) is 5.69 Å². The van der Waals surface area contributed by atoms with E-state index in [1.807, 2.05) is 54.6 Å². The molecule has 0 aliphatic carbocycles. The number of carbonyl (C=O) groups excluding carboxylic acids is 2. The van der Waals surface area contributed by atoms with E-state index in [1.165, 1.54) is 0 Å². The lowest BCUT2D eigenvalue weighted by Crippen LogP contribution is -2.45. The van der Waals surface area contributed by atoms with Crippen molar-refractivity contribution in [1.82, 2.24) is 4.90 Å². The standard InChI is InChI=1S/C23H19ClN2O2/c24-18-10-12-19(13-11-18)25-22(27)21(14-16-6-2-1-3-7-16)26-15-17-8-4-5-9-20(17)23(26)28/h1-13,21H,14-15H2,(H,25,27)/t21-/m0/s1. The maximum Gasteiger partial charge on any atom is 0.255 e. The Hall–Kier alpha value is -3.11. The third-order valence-electron chi connectivity index (χ3n) is 4.91. The zero-order chi connectivity index (χ0) is 19.5. The van der Waals surface area contributed by atoms with Crippen LogP contribution >= 0.6 is 11.6 Å². The Kier molecular flexibility index (Phi) is 5.13. The Bertz CT molecular complexity index is 1000. The predicted molar refractivity (Wildman–Crippen MR) is 110 cm³/mol. The maximum atomic E-state index is 13.1. The molecule has 0 radical (unpaired) electrons. The molecular formula is C23H19ClN2O2. The van der Waals surface area contributed by atoms with E-state index in [0.29, 0.717) is 29.2 Å². The number of anilines is 1. The second kappa shape index (κ2) is 7.87. The molecule has 0 saturated carbocycles. The Morgan fingerprint density at radius 3 is 2.36 bits per heavy atom. The predicted octanol–water partition coefficient (Wildman–Crippen LogP) is 4.55. The molecule has 1 N–H and O–H groups in total. The zero-order valence-corrected chi connectivity index (χ0v) is 15.9. The molecule has 0 unspecified atom stereocenters. The molecule has 4 rings (SSSR count). The van der Waals surface area contributed by atoms with Crippen molar-refractivity contribution in [3.8, 4) is 0 Å². The third kappa shape index (κ3) is 3.78. The SMILES string of the molecule is O=C(Nc1ccc(Cl)cc1)[C@H](Cc1ccccc1)N1Cc2ccccc2C1=O. The summed E-state index contributed by atoms with van der Waals surface area (Å²) in [5, 5.41) is 3.52. The minimum absolute atomic E-state index is 0.109. The number of hydrogen-bond donors (Lipinski definition) is 1. The molecule has 2 amide bonds. The van der Waals surface area contributed by atoms with Gasteiger partial charge >= 0.3 is 0 Å². The topological polar surface area (TPSA) is 49.4 Å². The second-order valence-electron chi connectivity index (χ2n) is 6.79. The minimum atomic E-state index is -0.613. The van der Waals surface area contributed by atoms with Crippen LogP contribution in [0.2, 0.25) is 5.02 Å². The van der Waals surface area contributed by atoms with Crippen molar-refractivity contribution in [1.29, 1.82) is 0 Å². The number of fused-ring (bicyclic) bond motifs is 1. The first-order chi connectivity index (χ1) is 13.6. The van der Waals surface area contributed by atoms with Gasteiger partial charge in [-0.3, -0.25) is 9.59 Å². The molecule has 0 bridgehead atoms. The first-order valence-electron chi connectivity index (χ1n) is 9.11. The average Bonchev–Trinajstić information content (AvgIpc) is 3.05. The molecule has 0 aromatic heterocycles. The summed E-state index contributed by atoms with van der Waals surface area (Å²) in [7, 11) is 0. The monoisotopic (exact) mass is 390 g/mol. The highest BCUT2D eigenvalue weighted by Crippen LogP contribution is 2.26. The first-order valence-corrected chi connectivity index (χ1v) is 9.49. The quantitative estimate of drug-likeness (QED) is 0.695. The summed E-state index contributed by atoms with van der Waals surface area (Å²) in [4.78, 5) is 27.8. The second-order valence-corrected chi connectivity index (χ2v) is 7.23. The molecule has 1 aliphatic rings. The summed E-state index contributed by atoms with van der Waals surface area (Å²) in [6.07, 6.45) is 0.444. The largest absolute Gasteiger partial charge is 0.324 e. The molecule has 1 heterocycles. The van der Waals surface area contributed by atoms with Gasteiger partial charge in [0, 0.05) is 29.2 Å². The number of benzene rings is 3. The number of amides is 2. The molecule has 28 heavy (non-hydrogen) atoms. The Morgan fingerprint density at radius 1 is 0.964 bits per heavy atom. The average molecular weight is 391 g/mol. The molecule has 0 spiro atoms. The van der Waals surface area contributed by atoms with Crippen molar-refractivity contribution >= 4 is 29.1 Å². The molecule has 4 nitrogen and oxygen atoms in total. The van der Waals surface area contributed by atoms with Gasteiger partial charge in [0.15, 0.2) is 0 Å². The van der Waals surface area contributed by atoms with Gasteiger partial charge in [-0.05, 0) is 41.5 Å². The van der Waals surface area contributed by atoms with Crippen molar-refractivity contribution < 1.29 is 9.59 Å². The number of halogens is 1. The Morgan fingerprint density at radius 2 is 1.64 bits per heavy atom. The summed E-state index contributed by atoms with van der Waals surface area (Å²) in [6.45, 7) is 0.431. The molecule has 3 aromatic carbocycles. The molecule has 140 valence electrons. The molecule has 3 aromatic rings. The van der Waals surface area contributed by atoms with E-state index < -0.39 is 6.04 Å². The van der Waals surface area contributed by atoms with Gasteiger partial charge in [0.05, 0.1) is 0 Å². The lowest BCUT2D eigenvalue weighted by molar-refractivity contribution is -0.120. The van der Waals surface area contributed by atoms with Crippen LogP contribution in [0.15, 0.2) is 78.9 Å².